The predicted molar refractivity (Wildman–Crippen MR) is 106 cm³/mol. The fraction of sp³-hybridized carbons (Fsp3) is 0.381. The number of hydrogen-bond acceptors (Lipinski definition) is 4. The minimum absolute atomic E-state index is 0.00910. The summed E-state index contributed by atoms with van der Waals surface area (Å²) in [4.78, 5) is 14.7. The standard InChI is InChI=1S/C21H29N3O2/c1-4-24(5-2)20(17-7-6-8-19(14-17)26-3)15-23-21(25)13-16-9-11-18(22)12-10-16/h6-12,14,20H,4-5,13,15,22H2,1-3H3,(H,23,25). The first kappa shape index (κ1) is 19.8. The van der Waals surface area contributed by atoms with Crippen molar-refractivity contribution < 1.29 is 9.53 Å². The van der Waals surface area contributed by atoms with Crippen LogP contribution in [0.4, 0.5) is 5.69 Å². The number of anilines is 1. The van der Waals surface area contributed by atoms with Gasteiger partial charge in [-0.2, -0.15) is 0 Å². The minimum Gasteiger partial charge on any atom is -0.497 e. The second kappa shape index (κ2) is 9.82. The van der Waals surface area contributed by atoms with Crippen molar-refractivity contribution in [1.82, 2.24) is 10.2 Å². The molecule has 0 bridgehead atoms. The lowest BCUT2D eigenvalue weighted by atomic mass is 10.0. The molecule has 0 radical (unpaired) electrons. The van der Waals surface area contributed by atoms with Crippen molar-refractivity contribution >= 4 is 11.6 Å². The van der Waals surface area contributed by atoms with Crippen LogP contribution >= 0.6 is 0 Å². The Labute approximate surface area is 156 Å². The fourth-order valence-electron chi connectivity index (χ4n) is 3.06. The van der Waals surface area contributed by atoms with E-state index in [2.05, 4.69) is 30.1 Å². The highest BCUT2D eigenvalue weighted by Gasteiger charge is 2.19. The Morgan fingerprint density at radius 3 is 2.46 bits per heavy atom. The number of hydrogen-bond donors (Lipinski definition) is 2. The van der Waals surface area contributed by atoms with E-state index in [1.165, 1.54) is 0 Å². The molecule has 1 amide bonds. The zero-order chi connectivity index (χ0) is 18.9. The van der Waals surface area contributed by atoms with Crippen LogP contribution in [0.15, 0.2) is 48.5 Å². The molecule has 1 atom stereocenters. The van der Waals surface area contributed by atoms with E-state index >= 15 is 0 Å². The molecule has 5 heteroatoms. The monoisotopic (exact) mass is 355 g/mol. The fourth-order valence-corrected chi connectivity index (χ4v) is 3.06. The number of nitrogens with two attached hydrogens (primary N) is 1. The molecule has 0 aromatic heterocycles. The summed E-state index contributed by atoms with van der Waals surface area (Å²) in [6.07, 6.45) is 0.351. The summed E-state index contributed by atoms with van der Waals surface area (Å²) in [5, 5.41) is 3.08. The van der Waals surface area contributed by atoms with Crippen molar-refractivity contribution in [3.63, 3.8) is 0 Å². The molecule has 2 rings (SSSR count). The van der Waals surface area contributed by atoms with E-state index in [0.717, 1.165) is 30.0 Å². The van der Waals surface area contributed by atoms with Crippen molar-refractivity contribution in [2.45, 2.75) is 26.3 Å². The molecule has 0 heterocycles. The topological polar surface area (TPSA) is 67.6 Å². The second-order valence-corrected chi connectivity index (χ2v) is 6.24. The highest BCUT2D eigenvalue weighted by molar-refractivity contribution is 5.78. The summed E-state index contributed by atoms with van der Waals surface area (Å²) in [5.74, 6) is 0.836. The van der Waals surface area contributed by atoms with Crippen molar-refractivity contribution in [3.05, 3.63) is 59.7 Å². The minimum atomic E-state index is 0.00910. The Morgan fingerprint density at radius 2 is 1.85 bits per heavy atom. The van der Waals surface area contributed by atoms with Crippen molar-refractivity contribution in [3.8, 4) is 5.75 Å². The molecular formula is C21H29N3O2. The smallest absolute Gasteiger partial charge is 0.224 e. The Hall–Kier alpha value is -2.53. The van der Waals surface area contributed by atoms with E-state index in [9.17, 15) is 4.79 Å². The third kappa shape index (κ3) is 5.49. The highest BCUT2D eigenvalue weighted by atomic mass is 16.5. The van der Waals surface area contributed by atoms with E-state index in [1.54, 1.807) is 7.11 Å². The van der Waals surface area contributed by atoms with E-state index in [4.69, 9.17) is 10.5 Å². The number of methoxy groups -OCH3 is 1. The van der Waals surface area contributed by atoms with Crippen LogP contribution in [0.1, 0.15) is 31.0 Å². The molecule has 5 nitrogen and oxygen atoms in total. The first-order chi connectivity index (χ1) is 12.6. The van der Waals surface area contributed by atoms with Crippen LogP contribution in [0, 0.1) is 0 Å². The summed E-state index contributed by atoms with van der Waals surface area (Å²) in [6, 6.07) is 15.6. The maximum Gasteiger partial charge on any atom is 0.224 e. The van der Waals surface area contributed by atoms with Crippen LogP contribution in [0.25, 0.3) is 0 Å². The van der Waals surface area contributed by atoms with Crippen molar-refractivity contribution in [1.29, 1.82) is 0 Å². The third-order valence-electron chi connectivity index (χ3n) is 4.57. The molecule has 1 unspecified atom stereocenters. The lowest BCUT2D eigenvalue weighted by Gasteiger charge is -2.30. The van der Waals surface area contributed by atoms with Gasteiger partial charge in [0.15, 0.2) is 0 Å². The molecule has 0 saturated carbocycles. The van der Waals surface area contributed by atoms with Gasteiger partial charge in [-0.3, -0.25) is 9.69 Å². The molecule has 0 saturated heterocycles. The van der Waals surface area contributed by atoms with Crippen LogP contribution in [0.5, 0.6) is 5.75 Å². The summed E-state index contributed by atoms with van der Waals surface area (Å²) in [5.41, 5.74) is 8.49. The Bertz CT molecular complexity index is 697. The molecule has 0 spiro atoms. The van der Waals surface area contributed by atoms with E-state index < -0.39 is 0 Å². The van der Waals surface area contributed by atoms with Crippen LogP contribution in [0.3, 0.4) is 0 Å². The second-order valence-electron chi connectivity index (χ2n) is 6.24. The van der Waals surface area contributed by atoms with Gasteiger partial charge in [-0.1, -0.05) is 38.1 Å². The van der Waals surface area contributed by atoms with Gasteiger partial charge in [0, 0.05) is 12.2 Å². The average Bonchev–Trinajstić information content (AvgIpc) is 2.67. The molecular weight excluding hydrogens is 326 g/mol. The van der Waals surface area contributed by atoms with Gasteiger partial charge in [-0.15, -0.1) is 0 Å². The number of amides is 1. The zero-order valence-electron chi connectivity index (χ0n) is 15.9. The van der Waals surface area contributed by atoms with Gasteiger partial charge in [0.05, 0.1) is 19.6 Å². The number of carbonyl (C=O) groups excluding carboxylic acids is 1. The normalized spacial score (nSPS) is 12.0. The molecule has 0 fully saturated rings. The Morgan fingerprint density at radius 1 is 1.15 bits per heavy atom. The average molecular weight is 355 g/mol. The molecule has 2 aromatic carbocycles. The maximum atomic E-state index is 12.4. The Kier molecular flexibility index (Phi) is 7.48. The predicted octanol–water partition coefficient (Wildman–Crippen LogP) is 3.02. The van der Waals surface area contributed by atoms with Crippen molar-refractivity contribution in [2.75, 3.05) is 32.5 Å². The largest absolute Gasteiger partial charge is 0.497 e. The summed E-state index contributed by atoms with van der Waals surface area (Å²) in [7, 11) is 1.67. The molecule has 2 aromatic rings. The van der Waals surface area contributed by atoms with Gasteiger partial charge in [-0.05, 0) is 48.5 Å². The quantitative estimate of drug-likeness (QED) is 0.679. The lowest BCUT2D eigenvalue weighted by Crippen LogP contribution is -2.38. The SMILES string of the molecule is CCN(CC)C(CNC(=O)Cc1ccc(N)cc1)c1cccc(OC)c1. The lowest BCUT2D eigenvalue weighted by molar-refractivity contribution is -0.120. The summed E-state index contributed by atoms with van der Waals surface area (Å²) >= 11 is 0. The van der Waals surface area contributed by atoms with Crippen LogP contribution in [-0.2, 0) is 11.2 Å². The first-order valence-electron chi connectivity index (χ1n) is 9.06. The number of rotatable bonds is 9. The number of benzene rings is 2. The summed E-state index contributed by atoms with van der Waals surface area (Å²) in [6.45, 7) is 6.64. The molecule has 140 valence electrons. The molecule has 0 aliphatic heterocycles. The van der Waals surface area contributed by atoms with E-state index in [1.807, 2.05) is 42.5 Å². The van der Waals surface area contributed by atoms with Crippen LogP contribution in [0.2, 0.25) is 0 Å². The number of ether oxygens (including phenoxy) is 1. The van der Waals surface area contributed by atoms with Crippen LogP contribution in [-0.4, -0.2) is 37.6 Å². The summed E-state index contributed by atoms with van der Waals surface area (Å²) < 4.78 is 5.35. The number of nitrogens with one attached hydrogen (secondary N) is 1. The molecule has 26 heavy (non-hydrogen) atoms. The first-order valence-corrected chi connectivity index (χ1v) is 9.06. The number of nitrogens with zero attached hydrogens (tertiary/aromatic N) is 1. The third-order valence-corrected chi connectivity index (χ3v) is 4.57. The van der Waals surface area contributed by atoms with Gasteiger partial charge in [0.1, 0.15) is 5.75 Å². The van der Waals surface area contributed by atoms with Crippen molar-refractivity contribution in [2.24, 2.45) is 0 Å². The Balaban J connectivity index is 2.06. The molecule has 0 aliphatic carbocycles. The highest BCUT2D eigenvalue weighted by Crippen LogP contribution is 2.23. The van der Waals surface area contributed by atoms with E-state index in [-0.39, 0.29) is 11.9 Å². The van der Waals surface area contributed by atoms with E-state index in [0.29, 0.717) is 18.7 Å². The number of carbonyl (C=O) groups is 1. The molecule has 0 aliphatic rings. The van der Waals surface area contributed by atoms with Gasteiger partial charge in [0.2, 0.25) is 5.91 Å². The maximum absolute atomic E-state index is 12.4. The number of likely N-dealkylation sites (N-methyl/N-ethyl adjacent to an activating group) is 1. The number of nitrogen functional groups attached to an aromatic ring is 1. The molecule has 3 N–H and O–H groups in total. The van der Waals surface area contributed by atoms with Gasteiger partial charge >= 0.3 is 0 Å². The zero-order valence-corrected chi connectivity index (χ0v) is 15.9. The van der Waals surface area contributed by atoms with Crippen LogP contribution < -0.4 is 15.8 Å². The van der Waals surface area contributed by atoms with Gasteiger partial charge in [0.25, 0.3) is 0 Å². The van der Waals surface area contributed by atoms with Gasteiger partial charge < -0.3 is 15.8 Å². The van der Waals surface area contributed by atoms with Gasteiger partial charge in [-0.25, -0.2) is 0 Å².